The highest BCUT2D eigenvalue weighted by Gasteiger charge is 2.34. The molecule has 4 N–H and O–H groups in total. The number of aryl methyl sites for hydroxylation is 1. The molecule has 0 aliphatic carbocycles. The first-order valence-corrected chi connectivity index (χ1v) is 16.5. The Bertz CT molecular complexity index is 1960. The zero-order valence-electron chi connectivity index (χ0n) is 28.0. The van der Waals surface area contributed by atoms with Crippen molar-refractivity contribution < 1.29 is 32.6 Å². The van der Waals surface area contributed by atoms with Gasteiger partial charge in [-0.05, 0) is 37.2 Å². The first kappa shape index (κ1) is 35.0. The standard InChI is InChI=1S/C32H41N7O7S/c1-32(2,3)20-17-19(29(33)40)28(45-8)25(36-47(9,43)44)24(20)23-18-11-10-12-21(26(18)39(7)27(23)30(41)42)46-22-13-14-34-31(35-22)38(6)16-15-37(4)5/h10-14,17,36H,15-16H2,1-9H3,(H2,33,40)(H,41,42). The molecular weight excluding hydrogens is 626 g/mol. The number of para-hydroxylation sites is 1. The number of primary amides is 1. The van der Waals surface area contributed by atoms with Gasteiger partial charge in [-0.1, -0.05) is 32.9 Å². The van der Waals surface area contributed by atoms with E-state index in [1.165, 1.54) is 17.7 Å². The molecule has 0 fully saturated rings. The van der Waals surface area contributed by atoms with Gasteiger partial charge in [0.1, 0.15) is 5.69 Å². The summed E-state index contributed by atoms with van der Waals surface area (Å²) in [7, 11) is 4.70. The van der Waals surface area contributed by atoms with E-state index in [-0.39, 0.29) is 39.7 Å². The van der Waals surface area contributed by atoms with E-state index in [1.807, 2.05) is 51.7 Å². The van der Waals surface area contributed by atoms with Crippen LogP contribution in [0.2, 0.25) is 0 Å². The number of likely N-dealkylation sites (N-methyl/N-ethyl adjacent to an activating group) is 2. The highest BCUT2D eigenvalue weighted by molar-refractivity contribution is 7.92. The number of hydrogen-bond donors (Lipinski definition) is 3. The molecule has 47 heavy (non-hydrogen) atoms. The van der Waals surface area contributed by atoms with Crippen molar-refractivity contribution in [1.29, 1.82) is 0 Å². The van der Waals surface area contributed by atoms with Gasteiger partial charge < -0.3 is 34.7 Å². The van der Waals surface area contributed by atoms with Crippen molar-refractivity contribution in [1.82, 2.24) is 19.4 Å². The molecule has 4 rings (SSSR count). The van der Waals surface area contributed by atoms with Crippen LogP contribution in [0, 0.1) is 0 Å². The van der Waals surface area contributed by atoms with Gasteiger partial charge in [0.05, 0.1) is 30.1 Å². The highest BCUT2D eigenvalue weighted by Crippen LogP contribution is 2.50. The van der Waals surface area contributed by atoms with Crippen molar-refractivity contribution in [2.45, 2.75) is 26.2 Å². The third-order valence-corrected chi connectivity index (χ3v) is 8.10. The third-order valence-electron chi connectivity index (χ3n) is 7.53. The number of carbonyl (C=O) groups excluding carboxylic acids is 1. The number of aromatic nitrogens is 3. The molecule has 0 radical (unpaired) electrons. The fourth-order valence-corrected chi connectivity index (χ4v) is 5.96. The summed E-state index contributed by atoms with van der Waals surface area (Å²) in [6.07, 6.45) is 2.53. The molecule has 0 saturated heterocycles. The first-order valence-electron chi connectivity index (χ1n) is 14.6. The third kappa shape index (κ3) is 7.25. The topological polar surface area (TPSA) is 182 Å². The molecule has 2 heterocycles. The molecule has 252 valence electrons. The zero-order chi connectivity index (χ0) is 35.0. The fraction of sp³-hybridized carbons (Fsp3) is 0.375. The molecule has 0 unspecified atom stereocenters. The van der Waals surface area contributed by atoms with Crippen LogP contribution in [0.1, 0.15) is 47.2 Å². The molecule has 4 aromatic rings. The summed E-state index contributed by atoms with van der Waals surface area (Å²) in [6, 6.07) is 8.22. The first-order chi connectivity index (χ1) is 21.9. The second-order valence-corrected chi connectivity index (χ2v) is 14.3. The van der Waals surface area contributed by atoms with Crippen LogP contribution in [0.4, 0.5) is 11.6 Å². The largest absolute Gasteiger partial charge is 0.494 e. The lowest BCUT2D eigenvalue weighted by molar-refractivity contribution is 0.0687. The van der Waals surface area contributed by atoms with Crippen molar-refractivity contribution in [2.75, 3.05) is 57.2 Å². The number of benzene rings is 2. The highest BCUT2D eigenvalue weighted by atomic mass is 32.2. The van der Waals surface area contributed by atoms with E-state index in [1.54, 1.807) is 37.5 Å². The summed E-state index contributed by atoms with van der Waals surface area (Å²) in [6.45, 7) is 7.03. The van der Waals surface area contributed by atoms with E-state index in [2.05, 4.69) is 14.7 Å². The van der Waals surface area contributed by atoms with Gasteiger partial charge in [-0.3, -0.25) is 9.52 Å². The molecule has 1 amide bonds. The minimum atomic E-state index is -3.98. The van der Waals surface area contributed by atoms with Crippen LogP contribution in [0.5, 0.6) is 17.4 Å². The summed E-state index contributed by atoms with van der Waals surface area (Å²) in [5.41, 5.74) is 5.93. The Hall–Kier alpha value is -4.89. The van der Waals surface area contributed by atoms with Crippen LogP contribution in [0.3, 0.4) is 0 Å². The van der Waals surface area contributed by atoms with Crippen LogP contribution < -0.4 is 24.8 Å². The van der Waals surface area contributed by atoms with Gasteiger partial charge in [-0.25, -0.2) is 18.2 Å². The molecule has 2 aromatic carbocycles. The van der Waals surface area contributed by atoms with Crippen molar-refractivity contribution >= 4 is 44.4 Å². The van der Waals surface area contributed by atoms with E-state index in [9.17, 15) is 23.1 Å². The zero-order valence-corrected chi connectivity index (χ0v) is 28.8. The number of amides is 1. The number of carboxylic acid groups (broad SMARTS) is 1. The maximum absolute atomic E-state index is 13.0. The molecule has 0 aliphatic heterocycles. The summed E-state index contributed by atoms with van der Waals surface area (Å²) in [5, 5.41) is 11.1. The second-order valence-electron chi connectivity index (χ2n) is 12.5. The van der Waals surface area contributed by atoms with E-state index < -0.39 is 27.3 Å². The van der Waals surface area contributed by atoms with Gasteiger partial charge in [-0.2, -0.15) is 4.98 Å². The Morgan fingerprint density at radius 2 is 1.79 bits per heavy atom. The number of nitrogens with one attached hydrogen (secondary N) is 1. The van der Waals surface area contributed by atoms with E-state index >= 15 is 0 Å². The van der Waals surface area contributed by atoms with Gasteiger partial charge in [0.2, 0.25) is 21.9 Å². The van der Waals surface area contributed by atoms with Gasteiger partial charge in [0, 0.05) is 56.0 Å². The Morgan fingerprint density at radius 3 is 2.34 bits per heavy atom. The number of nitrogens with zero attached hydrogens (tertiary/aromatic N) is 5. The number of rotatable bonds is 12. The predicted octanol–water partition coefficient (Wildman–Crippen LogP) is 3.90. The summed E-state index contributed by atoms with van der Waals surface area (Å²) in [5.74, 6) is -1.28. The average molecular weight is 668 g/mol. The van der Waals surface area contributed by atoms with Crippen molar-refractivity contribution in [2.24, 2.45) is 12.8 Å². The van der Waals surface area contributed by atoms with Crippen molar-refractivity contribution in [3.8, 4) is 28.5 Å². The molecule has 0 atom stereocenters. The Balaban J connectivity index is 2.07. The fourth-order valence-electron chi connectivity index (χ4n) is 5.39. The number of hydrogen-bond acceptors (Lipinski definition) is 10. The number of ether oxygens (including phenoxy) is 2. The lowest BCUT2D eigenvalue weighted by atomic mass is 9.79. The minimum absolute atomic E-state index is 0.0661. The quantitative estimate of drug-likeness (QED) is 0.199. The van der Waals surface area contributed by atoms with Gasteiger partial charge in [0.15, 0.2) is 11.5 Å². The number of carbonyl (C=O) groups is 2. The van der Waals surface area contributed by atoms with Crippen LogP contribution in [0.25, 0.3) is 22.0 Å². The lowest BCUT2D eigenvalue weighted by Gasteiger charge is -2.28. The second kappa shape index (κ2) is 13.1. The number of nitrogens with two attached hydrogens (primary N) is 1. The number of carboxylic acids is 1. The molecule has 0 aliphatic rings. The van der Waals surface area contributed by atoms with E-state index in [0.29, 0.717) is 34.7 Å². The number of aromatic carboxylic acids is 1. The van der Waals surface area contributed by atoms with Crippen LogP contribution in [-0.4, -0.2) is 92.4 Å². The van der Waals surface area contributed by atoms with Gasteiger partial charge >= 0.3 is 5.97 Å². The molecule has 0 saturated carbocycles. The Labute approximate surface area is 274 Å². The number of methoxy groups -OCH3 is 1. The minimum Gasteiger partial charge on any atom is -0.494 e. The average Bonchev–Trinajstić information content (AvgIpc) is 3.26. The summed E-state index contributed by atoms with van der Waals surface area (Å²) >= 11 is 0. The predicted molar refractivity (Wildman–Crippen MR) is 181 cm³/mol. The number of fused-ring (bicyclic) bond motifs is 1. The molecular formula is C32H41N7O7S. The normalized spacial score (nSPS) is 12.0. The summed E-state index contributed by atoms with van der Waals surface area (Å²) in [4.78, 5) is 38.5. The molecule has 2 aromatic heterocycles. The van der Waals surface area contributed by atoms with Crippen molar-refractivity contribution in [3.05, 3.63) is 53.3 Å². The van der Waals surface area contributed by atoms with Crippen LogP contribution in [-0.2, 0) is 22.5 Å². The Kier molecular flexibility index (Phi) is 9.73. The molecule has 15 heteroatoms. The maximum atomic E-state index is 13.0. The van der Waals surface area contributed by atoms with E-state index in [4.69, 9.17) is 15.2 Å². The monoisotopic (exact) mass is 667 g/mol. The van der Waals surface area contributed by atoms with Crippen LogP contribution in [0.15, 0.2) is 36.5 Å². The lowest BCUT2D eigenvalue weighted by Crippen LogP contribution is -2.29. The van der Waals surface area contributed by atoms with Gasteiger partial charge in [-0.15, -0.1) is 0 Å². The molecule has 0 spiro atoms. The number of sulfonamides is 1. The molecule has 0 bridgehead atoms. The van der Waals surface area contributed by atoms with Gasteiger partial charge in [0.25, 0.3) is 5.91 Å². The smallest absolute Gasteiger partial charge is 0.353 e. The summed E-state index contributed by atoms with van der Waals surface area (Å²) < 4.78 is 41.3. The number of anilines is 2. The molecule has 14 nitrogen and oxygen atoms in total. The van der Waals surface area contributed by atoms with Crippen molar-refractivity contribution in [3.63, 3.8) is 0 Å². The van der Waals surface area contributed by atoms with Crippen LogP contribution >= 0.6 is 0 Å². The maximum Gasteiger partial charge on any atom is 0.353 e. The SMILES string of the molecule is COc1c(C(N)=O)cc(C(C)(C)C)c(-c2c(C(=O)O)n(C)c3c(Oc4ccnc(N(C)CCN(C)C)n4)cccc23)c1NS(C)(=O)=O. The van der Waals surface area contributed by atoms with E-state index in [0.717, 1.165) is 12.8 Å². The Morgan fingerprint density at radius 1 is 1.11 bits per heavy atom.